The van der Waals surface area contributed by atoms with E-state index < -0.39 is 5.91 Å². The van der Waals surface area contributed by atoms with Gasteiger partial charge in [-0.25, -0.2) is 0 Å². The van der Waals surface area contributed by atoms with Gasteiger partial charge in [-0.3, -0.25) is 10.1 Å². The van der Waals surface area contributed by atoms with Gasteiger partial charge in [0.2, 0.25) is 5.13 Å². The summed E-state index contributed by atoms with van der Waals surface area (Å²) in [7, 11) is 0. The summed E-state index contributed by atoms with van der Waals surface area (Å²) in [5, 5.41) is 21.6. The van der Waals surface area contributed by atoms with E-state index in [2.05, 4.69) is 28.5 Å². The molecule has 3 rings (SSSR count). The molecule has 1 heterocycles. The summed E-state index contributed by atoms with van der Waals surface area (Å²) in [6.45, 7) is 9.18. The fraction of sp³-hybridized carbons (Fsp3) is 0.357. The van der Waals surface area contributed by atoms with Crippen molar-refractivity contribution in [1.29, 1.82) is 5.26 Å². The molecule has 37 heavy (non-hydrogen) atoms. The van der Waals surface area contributed by atoms with Gasteiger partial charge in [0.05, 0.1) is 6.61 Å². The summed E-state index contributed by atoms with van der Waals surface area (Å²) in [6, 6.07) is 13.3. The van der Waals surface area contributed by atoms with Crippen LogP contribution in [0.15, 0.2) is 42.0 Å². The molecule has 0 aliphatic heterocycles. The van der Waals surface area contributed by atoms with Crippen LogP contribution < -0.4 is 19.5 Å². The highest BCUT2D eigenvalue weighted by Crippen LogP contribution is 2.30. The maximum absolute atomic E-state index is 12.6. The largest absolute Gasteiger partial charge is 0.490 e. The highest BCUT2D eigenvalue weighted by Gasteiger charge is 2.14. The van der Waals surface area contributed by atoms with Gasteiger partial charge in [-0.1, -0.05) is 36.8 Å². The summed E-state index contributed by atoms with van der Waals surface area (Å²) in [5.41, 5.74) is 2.87. The summed E-state index contributed by atoms with van der Waals surface area (Å²) >= 11 is 1.32. The molecule has 0 aliphatic rings. The van der Waals surface area contributed by atoms with Crippen LogP contribution in [0.25, 0.3) is 6.08 Å². The van der Waals surface area contributed by atoms with Crippen molar-refractivity contribution in [3.63, 3.8) is 0 Å². The first kappa shape index (κ1) is 27.7. The Hall–Kier alpha value is -3.90. The minimum Gasteiger partial charge on any atom is -0.490 e. The molecule has 0 saturated heterocycles. The topological polar surface area (TPSA) is 106 Å². The molecule has 0 spiro atoms. The van der Waals surface area contributed by atoms with E-state index in [0.717, 1.165) is 41.1 Å². The molecule has 1 N–H and O–H groups in total. The van der Waals surface area contributed by atoms with E-state index in [1.54, 1.807) is 18.2 Å². The van der Waals surface area contributed by atoms with Crippen LogP contribution >= 0.6 is 11.3 Å². The number of unbranched alkanes of at least 4 members (excludes halogenated alkanes) is 1. The molecule has 0 saturated carbocycles. The molecule has 3 aromatic rings. The molecule has 9 heteroatoms. The van der Waals surface area contributed by atoms with Crippen molar-refractivity contribution in [2.75, 3.05) is 25.1 Å². The number of benzene rings is 2. The second-order valence-corrected chi connectivity index (χ2v) is 9.45. The zero-order valence-electron chi connectivity index (χ0n) is 21.7. The number of carbonyl (C=O) groups is 1. The molecule has 1 aromatic heterocycles. The molecule has 0 aliphatic carbocycles. The van der Waals surface area contributed by atoms with Gasteiger partial charge in [-0.05, 0) is 74.2 Å². The third-order valence-electron chi connectivity index (χ3n) is 5.18. The molecule has 2 aromatic carbocycles. The molecule has 0 fully saturated rings. The number of aryl methyl sites for hydroxylation is 3. The third kappa shape index (κ3) is 8.62. The van der Waals surface area contributed by atoms with Crippen molar-refractivity contribution in [1.82, 2.24) is 10.2 Å². The van der Waals surface area contributed by atoms with Crippen molar-refractivity contribution in [3.05, 3.63) is 63.7 Å². The second-order valence-electron chi connectivity index (χ2n) is 8.39. The Morgan fingerprint density at radius 2 is 1.78 bits per heavy atom. The number of amides is 1. The van der Waals surface area contributed by atoms with Crippen LogP contribution in [0, 0.1) is 25.2 Å². The molecular weight excluding hydrogens is 488 g/mol. The van der Waals surface area contributed by atoms with Gasteiger partial charge in [0, 0.05) is 6.42 Å². The van der Waals surface area contributed by atoms with E-state index in [1.165, 1.54) is 17.4 Å². The lowest BCUT2D eigenvalue weighted by Crippen LogP contribution is -2.13. The predicted molar refractivity (Wildman–Crippen MR) is 145 cm³/mol. The number of carbonyl (C=O) groups excluding carboxylic acids is 1. The van der Waals surface area contributed by atoms with E-state index >= 15 is 0 Å². The number of nitrogens with zero attached hydrogens (tertiary/aromatic N) is 3. The molecule has 0 unspecified atom stereocenters. The second kappa shape index (κ2) is 14.0. The molecular formula is C28H32N4O4S. The smallest absolute Gasteiger partial charge is 0.268 e. The van der Waals surface area contributed by atoms with Crippen molar-refractivity contribution in [2.24, 2.45) is 0 Å². The number of ether oxygens (including phenoxy) is 3. The minimum absolute atomic E-state index is 0.0525. The zero-order valence-corrected chi connectivity index (χ0v) is 22.5. The predicted octanol–water partition coefficient (Wildman–Crippen LogP) is 5.90. The fourth-order valence-corrected chi connectivity index (χ4v) is 4.32. The van der Waals surface area contributed by atoms with Crippen molar-refractivity contribution in [3.8, 4) is 23.3 Å². The van der Waals surface area contributed by atoms with Gasteiger partial charge in [0.25, 0.3) is 5.91 Å². The SMILES string of the molecule is CCCCc1nnc(NC(=O)C(C#N)=Cc2ccc(OCCOc3cc(C)cc(C)c3)c(OCC)c2)s1. The first-order chi connectivity index (χ1) is 17.9. The van der Waals surface area contributed by atoms with Crippen molar-refractivity contribution < 1.29 is 19.0 Å². The molecule has 0 atom stereocenters. The lowest BCUT2D eigenvalue weighted by atomic mass is 10.1. The number of nitrogens with one attached hydrogen (secondary N) is 1. The van der Waals surface area contributed by atoms with Gasteiger partial charge >= 0.3 is 0 Å². The number of hydrogen-bond acceptors (Lipinski definition) is 8. The number of anilines is 1. The number of aromatic nitrogens is 2. The monoisotopic (exact) mass is 520 g/mol. The fourth-order valence-electron chi connectivity index (χ4n) is 3.54. The summed E-state index contributed by atoms with van der Waals surface area (Å²) in [4.78, 5) is 12.6. The number of hydrogen-bond donors (Lipinski definition) is 1. The Morgan fingerprint density at radius 1 is 1.03 bits per heavy atom. The van der Waals surface area contributed by atoms with E-state index in [4.69, 9.17) is 14.2 Å². The zero-order chi connectivity index (χ0) is 26.6. The molecule has 0 radical (unpaired) electrons. The van der Waals surface area contributed by atoms with Gasteiger partial charge in [-0.15, -0.1) is 10.2 Å². The molecule has 194 valence electrons. The average Bonchev–Trinajstić information content (AvgIpc) is 3.31. The first-order valence-electron chi connectivity index (χ1n) is 12.3. The van der Waals surface area contributed by atoms with Crippen molar-refractivity contribution >= 4 is 28.5 Å². The Balaban J connectivity index is 1.64. The van der Waals surface area contributed by atoms with Crippen LogP contribution in [0.3, 0.4) is 0 Å². The maximum atomic E-state index is 12.6. The number of rotatable bonds is 13. The van der Waals surface area contributed by atoms with Gasteiger partial charge in [0.15, 0.2) is 11.5 Å². The Labute approximate surface area is 221 Å². The normalized spacial score (nSPS) is 11.1. The van der Waals surface area contributed by atoms with E-state index in [1.807, 2.05) is 39.0 Å². The lowest BCUT2D eigenvalue weighted by molar-refractivity contribution is -0.112. The average molecular weight is 521 g/mol. The maximum Gasteiger partial charge on any atom is 0.268 e. The Bertz CT molecular complexity index is 1260. The first-order valence-corrected chi connectivity index (χ1v) is 13.1. The standard InChI is InChI=1S/C28H32N4O4S/c1-5-7-8-26-31-32-28(37-26)30-27(33)22(18-29)16-21-9-10-24(25(17-21)34-6-2)36-12-11-35-23-14-19(3)13-20(4)15-23/h9-10,13-17H,5-8,11-12H2,1-4H3,(H,30,32,33). The number of nitriles is 1. The van der Waals surface area contributed by atoms with E-state index in [0.29, 0.717) is 42.0 Å². The van der Waals surface area contributed by atoms with Crippen molar-refractivity contribution in [2.45, 2.75) is 47.0 Å². The van der Waals surface area contributed by atoms with Gasteiger partial charge in [-0.2, -0.15) is 5.26 Å². The van der Waals surface area contributed by atoms with Crippen LogP contribution in [0.5, 0.6) is 17.2 Å². The lowest BCUT2D eigenvalue weighted by Gasteiger charge is -2.13. The molecule has 8 nitrogen and oxygen atoms in total. The Morgan fingerprint density at radius 3 is 2.49 bits per heavy atom. The van der Waals surface area contributed by atoms with Gasteiger partial charge in [0.1, 0.15) is 35.6 Å². The summed E-state index contributed by atoms with van der Waals surface area (Å²) in [5.74, 6) is 1.34. The minimum atomic E-state index is -0.539. The molecule has 0 bridgehead atoms. The van der Waals surface area contributed by atoms with Crippen LogP contribution in [0.1, 0.15) is 48.4 Å². The summed E-state index contributed by atoms with van der Waals surface area (Å²) < 4.78 is 17.4. The van der Waals surface area contributed by atoms with Crippen LogP contribution in [0.4, 0.5) is 5.13 Å². The third-order valence-corrected chi connectivity index (χ3v) is 6.08. The van der Waals surface area contributed by atoms with Crippen LogP contribution in [-0.4, -0.2) is 35.9 Å². The van der Waals surface area contributed by atoms with E-state index in [9.17, 15) is 10.1 Å². The highest BCUT2D eigenvalue weighted by atomic mass is 32.1. The van der Waals surface area contributed by atoms with Crippen LogP contribution in [-0.2, 0) is 11.2 Å². The Kier molecular flexibility index (Phi) is 10.5. The quantitative estimate of drug-likeness (QED) is 0.170. The van der Waals surface area contributed by atoms with E-state index in [-0.39, 0.29) is 5.57 Å². The highest BCUT2D eigenvalue weighted by molar-refractivity contribution is 7.15. The van der Waals surface area contributed by atoms with Crippen LogP contribution in [0.2, 0.25) is 0 Å². The molecule has 1 amide bonds. The summed E-state index contributed by atoms with van der Waals surface area (Å²) in [6.07, 6.45) is 4.38. The van der Waals surface area contributed by atoms with Gasteiger partial charge < -0.3 is 14.2 Å².